The maximum absolute atomic E-state index is 14.0. The van der Waals surface area contributed by atoms with Crippen molar-refractivity contribution < 1.29 is 29.0 Å². The van der Waals surface area contributed by atoms with Crippen LogP contribution in [0.1, 0.15) is 94.1 Å². The molecule has 7 nitrogen and oxygen atoms in total. The van der Waals surface area contributed by atoms with Gasteiger partial charge in [-0.2, -0.15) is 0 Å². The lowest BCUT2D eigenvalue weighted by Gasteiger charge is -2.49. The smallest absolute Gasteiger partial charge is 0.335 e. The third kappa shape index (κ3) is 6.12. The van der Waals surface area contributed by atoms with Gasteiger partial charge in [-0.3, -0.25) is 9.59 Å². The lowest BCUT2D eigenvalue weighted by atomic mass is 9.63. The van der Waals surface area contributed by atoms with E-state index in [4.69, 9.17) is 9.47 Å². The molecule has 0 aromatic heterocycles. The number of ketones is 2. The monoisotopic (exact) mass is 697 g/mol. The number of carbonyl (C=O) groups excluding carboxylic acids is 2. The standard InChI is InChI=1S/C35H40INO6/c1-7-12-37-24-15-34(2,3)17-26(38)30(24)29(31-25(37)16-35(4,5)18-27(31)39)22-13-23(36)32(28(14-22)42-6)43-19-20-8-10-21(11-9-20)33(40)41/h8-11,13-14,29H,7,12,15-19H2,1-6H3,(H,40,41). The van der Waals surface area contributed by atoms with E-state index >= 15 is 0 Å². The van der Waals surface area contributed by atoms with Crippen LogP contribution in [0.2, 0.25) is 0 Å². The maximum Gasteiger partial charge on any atom is 0.335 e. The Morgan fingerprint density at radius 2 is 1.51 bits per heavy atom. The molecule has 2 aromatic carbocycles. The summed E-state index contributed by atoms with van der Waals surface area (Å²) in [5.74, 6) is -0.118. The summed E-state index contributed by atoms with van der Waals surface area (Å²) in [5, 5.41) is 9.19. The second-order valence-corrected chi connectivity index (χ2v) is 14.7. The molecule has 0 unspecified atom stereocenters. The van der Waals surface area contributed by atoms with Crippen molar-refractivity contribution >= 4 is 40.1 Å². The zero-order chi connectivity index (χ0) is 31.3. The van der Waals surface area contributed by atoms with Gasteiger partial charge in [0.2, 0.25) is 0 Å². The highest BCUT2D eigenvalue weighted by Crippen LogP contribution is 2.55. The van der Waals surface area contributed by atoms with Gasteiger partial charge in [0.15, 0.2) is 23.1 Å². The number of rotatable bonds is 8. The van der Waals surface area contributed by atoms with Gasteiger partial charge in [0.25, 0.3) is 0 Å². The van der Waals surface area contributed by atoms with E-state index < -0.39 is 11.9 Å². The third-order valence-electron chi connectivity index (χ3n) is 8.64. The number of hydrogen-bond donors (Lipinski definition) is 1. The van der Waals surface area contributed by atoms with E-state index in [1.54, 1.807) is 31.4 Å². The summed E-state index contributed by atoms with van der Waals surface area (Å²) in [7, 11) is 1.59. The summed E-state index contributed by atoms with van der Waals surface area (Å²) in [4.78, 5) is 41.5. The average Bonchev–Trinajstić information content (AvgIpc) is 2.91. The predicted octanol–water partition coefficient (Wildman–Crippen LogP) is 7.67. The molecule has 43 heavy (non-hydrogen) atoms. The Bertz CT molecular complexity index is 1490. The predicted molar refractivity (Wildman–Crippen MR) is 173 cm³/mol. The van der Waals surface area contributed by atoms with Crippen molar-refractivity contribution in [2.75, 3.05) is 13.7 Å². The first-order chi connectivity index (χ1) is 20.2. The van der Waals surface area contributed by atoms with Gasteiger partial charge in [-0.25, -0.2) is 4.79 Å². The molecule has 2 aliphatic carbocycles. The number of halogens is 1. The number of allylic oxidation sites excluding steroid dienone is 4. The van der Waals surface area contributed by atoms with Crippen LogP contribution < -0.4 is 9.47 Å². The van der Waals surface area contributed by atoms with E-state index in [1.807, 2.05) is 12.1 Å². The van der Waals surface area contributed by atoms with Crippen LogP contribution in [-0.4, -0.2) is 41.2 Å². The van der Waals surface area contributed by atoms with Crippen LogP contribution >= 0.6 is 22.6 Å². The van der Waals surface area contributed by atoms with Crippen LogP contribution in [0.15, 0.2) is 58.9 Å². The Morgan fingerprint density at radius 1 is 0.953 bits per heavy atom. The SMILES string of the molecule is CCCN1C2=C(C(=O)CC(C)(C)C2)C(c2cc(I)c(OCc3ccc(C(=O)O)cc3)c(OC)c2)C2=C1CC(C)(C)CC2=O. The number of benzene rings is 2. The molecule has 228 valence electrons. The third-order valence-corrected chi connectivity index (χ3v) is 9.44. The molecule has 1 heterocycles. The van der Waals surface area contributed by atoms with Crippen LogP contribution in [0.25, 0.3) is 0 Å². The summed E-state index contributed by atoms with van der Waals surface area (Å²) in [5.41, 5.74) is 5.22. The number of aromatic carboxylic acids is 1. The van der Waals surface area contributed by atoms with Gasteiger partial charge in [-0.15, -0.1) is 0 Å². The van der Waals surface area contributed by atoms with E-state index in [0.717, 1.165) is 63.0 Å². The van der Waals surface area contributed by atoms with Gasteiger partial charge in [0, 0.05) is 47.8 Å². The van der Waals surface area contributed by atoms with Gasteiger partial charge in [-0.1, -0.05) is 46.8 Å². The van der Waals surface area contributed by atoms with Crippen LogP contribution in [0, 0.1) is 14.4 Å². The first-order valence-corrected chi connectivity index (χ1v) is 16.0. The van der Waals surface area contributed by atoms with E-state index in [0.29, 0.717) is 24.3 Å². The number of carboxylic acid groups (broad SMARTS) is 1. The lowest BCUT2D eigenvalue weighted by molar-refractivity contribution is -0.119. The number of ether oxygens (including phenoxy) is 2. The molecule has 1 aliphatic heterocycles. The van der Waals surface area contributed by atoms with E-state index in [1.165, 1.54) is 0 Å². The van der Waals surface area contributed by atoms with Crippen LogP contribution in [-0.2, 0) is 16.2 Å². The highest BCUT2D eigenvalue weighted by Gasteiger charge is 2.49. The van der Waals surface area contributed by atoms with Crippen molar-refractivity contribution in [2.24, 2.45) is 10.8 Å². The molecular weight excluding hydrogens is 657 g/mol. The normalized spacial score (nSPS) is 19.7. The molecular formula is C35H40INO6. The van der Waals surface area contributed by atoms with E-state index in [9.17, 15) is 19.5 Å². The molecule has 0 bridgehead atoms. The van der Waals surface area contributed by atoms with Gasteiger partial charge in [0.05, 0.1) is 16.2 Å². The van der Waals surface area contributed by atoms with Crippen LogP contribution in [0.4, 0.5) is 0 Å². The largest absolute Gasteiger partial charge is 0.493 e. The molecule has 0 saturated heterocycles. The minimum Gasteiger partial charge on any atom is -0.493 e. The van der Waals surface area contributed by atoms with Gasteiger partial charge >= 0.3 is 5.97 Å². The number of Topliss-reactive ketones (excluding diaryl/α,β-unsaturated/α-hetero) is 2. The van der Waals surface area contributed by atoms with E-state index in [-0.39, 0.29) is 34.6 Å². The molecule has 0 radical (unpaired) electrons. The molecule has 0 fully saturated rings. The zero-order valence-electron chi connectivity index (χ0n) is 25.8. The van der Waals surface area contributed by atoms with Gasteiger partial charge < -0.3 is 19.5 Å². The minimum absolute atomic E-state index is 0.112. The van der Waals surface area contributed by atoms with Crippen LogP contribution in [0.3, 0.4) is 0 Å². The molecule has 1 N–H and O–H groups in total. The molecule has 8 heteroatoms. The topological polar surface area (TPSA) is 93.1 Å². The molecule has 0 atom stereocenters. The summed E-state index contributed by atoms with van der Waals surface area (Å²) in [6, 6.07) is 10.5. The van der Waals surface area contributed by atoms with Gasteiger partial charge in [-0.05, 0) is 88.1 Å². The van der Waals surface area contributed by atoms with Crippen molar-refractivity contribution in [3.8, 4) is 11.5 Å². The Hall–Kier alpha value is -3.14. The Balaban J connectivity index is 1.61. The number of nitrogens with zero attached hydrogens (tertiary/aromatic N) is 1. The van der Waals surface area contributed by atoms with Crippen molar-refractivity contribution in [3.05, 3.63) is 79.2 Å². The quantitative estimate of drug-likeness (QED) is 0.283. The molecule has 0 amide bonds. The van der Waals surface area contributed by atoms with Gasteiger partial charge in [0.1, 0.15) is 6.61 Å². The second kappa shape index (κ2) is 11.7. The fourth-order valence-corrected chi connectivity index (χ4v) is 7.60. The first kappa shape index (κ1) is 31.3. The summed E-state index contributed by atoms with van der Waals surface area (Å²) in [6.45, 7) is 11.8. The molecule has 2 aromatic rings. The second-order valence-electron chi connectivity index (χ2n) is 13.5. The van der Waals surface area contributed by atoms with Crippen molar-refractivity contribution in [2.45, 2.75) is 79.2 Å². The summed E-state index contributed by atoms with van der Waals surface area (Å²) in [6.07, 6.45) is 3.37. The zero-order valence-corrected chi connectivity index (χ0v) is 28.0. The Morgan fingerprint density at radius 3 is 2.00 bits per heavy atom. The Kier molecular flexibility index (Phi) is 8.55. The number of methoxy groups -OCH3 is 1. The fraction of sp³-hybridized carbons (Fsp3) is 0.457. The summed E-state index contributed by atoms with van der Waals surface area (Å²) >= 11 is 2.23. The molecule has 5 rings (SSSR count). The van der Waals surface area contributed by atoms with E-state index in [2.05, 4.69) is 62.1 Å². The Labute approximate surface area is 267 Å². The number of carboxylic acids is 1. The fourth-order valence-electron chi connectivity index (χ4n) is 6.82. The van der Waals surface area contributed by atoms with Crippen LogP contribution in [0.5, 0.6) is 11.5 Å². The van der Waals surface area contributed by atoms with Crippen molar-refractivity contribution in [3.63, 3.8) is 0 Å². The number of carbonyl (C=O) groups is 3. The summed E-state index contributed by atoms with van der Waals surface area (Å²) < 4.78 is 12.8. The highest BCUT2D eigenvalue weighted by molar-refractivity contribution is 14.1. The average molecular weight is 698 g/mol. The molecule has 0 spiro atoms. The van der Waals surface area contributed by atoms with Crippen molar-refractivity contribution in [1.29, 1.82) is 0 Å². The number of hydrogen-bond acceptors (Lipinski definition) is 6. The van der Waals surface area contributed by atoms with Crippen molar-refractivity contribution in [1.82, 2.24) is 4.90 Å². The lowest BCUT2D eigenvalue weighted by Crippen LogP contribution is -2.44. The highest BCUT2D eigenvalue weighted by atomic mass is 127. The molecule has 0 saturated carbocycles. The molecule has 3 aliphatic rings. The minimum atomic E-state index is -0.976. The first-order valence-electron chi connectivity index (χ1n) is 14.9. The maximum atomic E-state index is 14.0.